The summed E-state index contributed by atoms with van der Waals surface area (Å²) in [4.78, 5) is 28.3. The van der Waals surface area contributed by atoms with Crippen molar-refractivity contribution >= 4 is 11.7 Å². The molecule has 1 spiro atoms. The molecule has 0 radical (unpaired) electrons. The molecule has 0 atom stereocenters. The average Bonchev–Trinajstić information content (AvgIpc) is 3.15. The highest BCUT2D eigenvalue weighted by atomic mass is 16.5. The van der Waals surface area contributed by atoms with E-state index in [1.54, 1.807) is 11.8 Å². The van der Waals surface area contributed by atoms with Crippen LogP contribution in [0.15, 0.2) is 54.6 Å². The first-order valence-corrected chi connectivity index (χ1v) is 10.6. The molecule has 3 aromatic rings. The van der Waals surface area contributed by atoms with Crippen molar-refractivity contribution in [1.82, 2.24) is 14.7 Å². The molecule has 6 heteroatoms. The third-order valence-corrected chi connectivity index (χ3v) is 6.60. The average molecular weight is 415 g/mol. The number of ketones is 1. The molecule has 0 unspecified atom stereocenters. The van der Waals surface area contributed by atoms with E-state index in [4.69, 9.17) is 4.74 Å². The zero-order valence-corrected chi connectivity index (χ0v) is 17.8. The minimum absolute atomic E-state index is 0.0550. The fraction of sp³-hybridized carbons (Fsp3) is 0.320. The van der Waals surface area contributed by atoms with E-state index in [-0.39, 0.29) is 17.2 Å². The van der Waals surface area contributed by atoms with Gasteiger partial charge in [-0.05, 0) is 42.5 Å². The molecule has 0 saturated heterocycles. The SMILES string of the molecule is COc1ccc(CN2C(=O)c3c(-c4ccccc4)c(C(C)=O)nn3CC23CCC3)cc1. The van der Waals surface area contributed by atoms with Crippen LogP contribution in [0.3, 0.4) is 0 Å². The van der Waals surface area contributed by atoms with Gasteiger partial charge in [-0.25, -0.2) is 0 Å². The first kappa shape index (κ1) is 19.5. The lowest BCUT2D eigenvalue weighted by atomic mass is 9.73. The van der Waals surface area contributed by atoms with E-state index in [9.17, 15) is 9.59 Å². The van der Waals surface area contributed by atoms with Crippen LogP contribution in [0.2, 0.25) is 0 Å². The molecule has 6 nitrogen and oxygen atoms in total. The molecule has 2 aliphatic rings. The molecular weight excluding hydrogens is 390 g/mol. The van der Waals surface area contributed by atoms with Crippen molar-refractivity contribution in [2.24, 2.45) is 0 Å². The Bertz CT molecular complexity index is 1140. The van der Waals surface area contributed by atoms with E-state index in [0.717, 1.165) is 36.1 Å². The highest BCUT2D eigenvalue weighted by Crippen LogP contribution is 2.45. The number of carbonyl (C=O) groups is 2. The Kier molecular flexibility index (Phi) is 4.65. The number of amides is 1. The molecule has 31 heavy (non-hydrogen) atoms. The molecule has 2 heterocycles. The fourth-order valence-electron chi connectivity index (χ4n) is 4.79. The molecule has 5 rings (SSSR count). The zero-order valence-electron chi connectivity index (χ0n) is 17.8. The van der Waals surface area contributed by atoms with Crippen LogP contribution in [0, 0.1) is 0 Å². The second-order valence-corrected chi connectivity index (χ2v) is 8.47. The largest absolute Gasteiger partial charge is 0.497 e. The molecule has 158 valence electrons. The highest BCUT2D eigenvalue weighted by Gasteiger charge is 2.50. The third kappa shape index (κ3) is 3.14. The van der Waals surface area contributed by atoms with Crippen LogP contribution in [0.25, 0.3) is 11.1 Å². The van der Waals surface area contributed by atoms with E-state index in [0.29, 0.717) is 30.0 Å². The van der Waals surface area contributed by atoms with Crippen molar-refractivity contribution in [1.29, 1.82) is 0 Å². The van der Waals surface area contributed by atoms with Gasteiger partial charge in [0.1, 0.15) is 17.1 Å². The van der Waals surface area contributed by atoms with Crippen molar-refractivity contribution < 1.29 is 14.3 Å². The molecule has 1 aliphatic heterocycles. The number of fused-ring (bicyclic) bond motifs is 1. The summed E-state index contributed by atoms with van der Waals surface area (Å²) in [6.45, 7) is 2.66. The minimum atomic E-state index is -0.238. The normalized spacial score (nSPS) is 16.7. The monoisotopic (exact) mass is 415 g/mol. The van der Waals surface area contributed by atoms with Crippen molar-refractivity contribution in [2.75, 3.05) is 7.11 Å². The summed E-state index contributed by atoms with van der Waals surface area (Å²) in [6, 6.07) is 17.5. The van der Waals surface area contributed by atoms with E-state index in [1.165, 1.54) is 6.92 Å². The fourth-order valence-corrected chi connectivity index (χ4v) is 4.79. The van der Waals surface area contributed by atoms with Crippen LogP contribution < -0.4 is 4.74 Å². The second-order valence-electron chi connectivity index (χ2n) is 8.47. The van der Waals surface area contributed by atoms with Gasteiger partial charge < -0.3 is 9.64 Å². The maximum Gasteiger partial charge on any atom is 0.273 e. The van der Waals surface area contributed by atoms with E-state index >= 15 is 0 Å². The van der Waals surface area contributed by atoms with Crippen LogP contribution >= 0.6 is 0 Å². The minimum Gasteiger partial charge on any atom is -0.497 e. The number of hydrogen-bond acceptors (Lipinski definition) is 4. The first-order valence-electron chi connectivity index (χ1n) is 10.6. The lowest BCUT2D eigenvalue weighted by molar-refractivity contribution is -0.0123. The van der Waals surface area contributed by atoms with Gasteiger partial charge >= 0.3 is 0 Å². The van der Waals surface area contributed by atoms with Gasteiger partial charge in [0.05, 0.1) is 19.2 Å². The Hall–Kier alpha value is -3.41. The van der Waals surface area contributed by atoms with Crippen molar-refractivity contribution in [3.8, 4) is 16.9 Å². The molecule has 1 aromatic heterocycles. The number of carbonyl (C=O) groups excluding carboxylic acids is 2. The first-order chi connectivity index (χ1) is 15.0. The Morgan fingerprint density at radius 3 is 2.39 bits per heavy atom. The molecule has 1 saturated carbocycles. The molecule has 1 aliphatic carbocycles. The van der Waals surface area contributed by atoms with Gasteiger partial charge in [-0.15, -0.1) is 0 Å². The van der Waals surface area contributed by atoms with Crippen molar-refractivity contribution in [2.45, 2.75) is 44.8 Å². The number of ether oxygens (including phenoxy) is 1. The topological polar surface area (TPSA) is 64.4 Å². The molecule has 0 bridgehead atoms. The Labute approximate surface area is 181 Å². The number of rotatable bonds is 5. The van der Waals surface area contributed by atoms with E-state index < -0.39 is 0 Å². The summed E-state index contributed by atoms with van der Waals surface area (Å²) in [5.74, 6) is 0.612. The number of methoxy groups -OCH3 is 1. The summed E-state index contributed by atoms with van der Waals surface area (Å²) >= 11 is 0. The zero-order chi connectivity index (χ0) is 21.6. The van der Waals surface area contributed by atoms with Crippen LogP contribution in [0.5, 0.6) is 5.75 Å². The predicted octanol–water partition coefficient (Wildman–Crippen LogP) is 4.34. The lowest BCUT2D eigenvalue weighted by Gasteiger charge is -2.52. The van der Waals surface area contributed by atoms with Crippen molar-refractivity contribution in [3.05, 3.63) is 71.5 Å². The third-order valence-electron chi connectivity index (χ3n) is 6.60. The molecule has 1 amide bonds. The Balaban J connectivity index is 1.61. The number of Topliss-reactive ketones (excluding diaryl/α,β-unsaturated/α-hetero) is 1. The van der Waals surface area contributed by atoms with Gasteiger partial charge in [-0.3, -0.25) is 14.3 Å². The summed E-state index contributed by atoms with van der Waals surface area (Å²) in [6.07, 6.45) is 2.99. The number of nitrogens with zero attached hydrogens (tertiary/aromatic N) is 3. The van der Waals surface area contributed by atoms with Gasteiger partial charge in [0, 0.05) is 19.0 Å². The number of aromatic nitrogens is 2. The predicted molar refractivity (Wildman–Crippen MR) is 117 cm³/mol. The molecule has 0 N–H and O–H groups in total. The summed E-state index contributed by atoms with van der Waals surface area (Å²) in [7, 11) is 1.64. The smallest absolute Gasteiger partial charge is 0.273 e. The van der Waals surface area contributed by atoms with Crippen molar-refractivity contribution in [3.63, 3.8) is 0 Å². The standard InChI is InChI=1S/C25H25N3O3/c1-17(29)22-21(19-7-4-3-5-8-19)23-24(30)27(15-18-9-11-20(31-2)12-10-18)25(13-6-14-25)16-28(23)26-22/h3-5,7-12H,6,13-16H2,1-2H3. The molecule has 1 fully saturated rings. The lowest BCUT2D eigenvalue weighted by Crippen LogP contribution is -2.61. The second kappa shape index (κ2) is 7.38. The quantitative estimate of drug-likeness (QED) is 0.582. The van der Waals surface area contributed by atoms with Gasteiger partial charge in [-0.2, -0.15) is 5.10 Å². The van der Waals surface area contributed by atoms with Gasteiger partial charge in [-0.1, -0.05) is 42.5 Å². The van der Waals surface area contributed by atoms with E-state index in [2.05, 4.69) is 5.10 Å². The summed E-state index contributed by atoms with van der Waals surface area (Å²) < 4.78 is 7.05. The summed E-state index contributed by atoms with van der Waals surface area (Å²) in [5, 5.41) is 4.62. The number of benzene rings is 2. The summed E-state index contributed by atoms with van der Waals surface area (Å²) in [5.41, 5.74) is 3.19. The van der Waals surface area contributed by atoms with Crippen LogP contribution in [0.4, 0.5) is 0 Å². The van der Waals surface area contributed by atoms with Crippen LogP contribution in [-0.4, -0.2) is 39.0 Å². The van der Waals surface area contributed by atoms with Gasteiger partial charge in [0.25, 0.3) is 5.91 Å². The highest BCUT2D eigenvalue weighted by molar-refractivity contribution is 6.08. The van der Waals surface area contributed by atoms with Gasteiger partial charge in [0.2, 0.25) is 0 Å². The molecular formula is C25H25N3O3. The van der Waals surface area contributed by atoms with Crippen LogP contribution in [0.1, 0.15) is 52.7 Å². The Morgan fingerprint density at radius 2 is 1.81 bits per heavy atom. The molecule has 2 aromatic carbocycles. The number of hydrogen-bond donors (Lipinski definition) is 0. The van der Waals surface area contributed by atoms with Gasteiger partial charge in [0.15, 0.2) is 5.78 Å². The Morgan fingerprint density at radius 1 is 1.10 bits per heavy atom. The van der Waals surface area contributed by atoms with E-state index in [1.807, 2.05) is 59.5 Å². The maximum absolute atomic E-state index is 13.9. The maximum atomic E-state index is 13.9. The van der Waals surface area contributed by atoms with Crippen LogP contribution in [-0.2, 0) is 13.1 Å².